The topological polar surface area (TPSA) is 83.3 Å². The molecule has 0 bridgehead atoms. The number of guanidine groups is 1. The Labute approximate surface area is 177 Å². The summed E-state index contributed by atoms with van der Waals surface area (Å²) < 4.78 is 1.85. The minimum Gasteiger partial charge on any atom is -0.357 e. The summed E-state index contributed by atoms with van der Waals surface area (Å²) in [5.74, 6) is 0.693. The number of benzene rings is 2. The summed E-state index contributed by atoms with van der Waals surface area (Å²) >= 11 is 0. The molecule has 7 nitrogen and oxygen atoms in total. The molecule has 3 N–H and O–H groups in total. The van der Waals surface area contributed by atoms with Gasteiger partial charge in [-0.1, -0.05) is 24.3 Å². The second-order valence-corrected chi connectivity index (χ2v) is 6.77. The first-order valence-corrected chi connectivity index (χ1v) is 10.1. The van der Waals surface area contributed by atoms with Crippen LogP contribution in [0.2, 0.25) is 0 Å². The molecule has 2 aromatic carbocycles. The lowest BCUT2D eigenvalue weighted by molar-refractivity contribution is 0.0963. The van der Waals surface area contributed by atoms with E-state index < -0.39 is 0 Å². The monoisotopic (exact) mass is 404 g/mol. The molecule has 0 spiro atoms. The van der Waals surface area contributed by atoms with E-state index in [-0.39, 0.29) is 5.91 Å². The normalized spacial score (nSPS) is 11.2. The van der Waals surface area contributed by atoms with Gasteiger partial charge in [-0.15, -0.1) is 0 Å². The maximum absolute atomic E-state index is 11.6. The average molecular weight is 405 g/mol. The highest BCUT2D eigenvalue weighted by atomic mass is 16.1. The molecule has 1 heterocycles. The molecule has 0 aliphatic rings. The zero-order valence-electron chi connectivity index (χ0n) is 17.4. The first-order valence-electron chi connectivity index (χ1n) is 10.1. The number of aliphatic imine (C=N–C) groups is 1. The summed E-state index contributed by atoms with van der Waals surface area (Å²) in [6.45, 7) is 4.16. The van der Waals surface area contributed by atoms with Crippen LogP contribution in [0.25, 0.3) is 5.69 Å². The molecule has 7 heteroatoms. The summed E-state index contributed by atoms with van der Waals surface area (Å²) in [5, 5.41) is 13.5. The third-order valence-corrected chi connectivity index (χ3v) is 4.62. The van der Waals surface area contributed by atoms with Crippen LogP contribution in [-0.4, -0.2) is 41.8 Å². The molecule has 0 aliphatic heterocycles. The zero-order valence-corrected chi connectivity index (χ0v) is 17.4. The van der Waals surface area contributed by atoms with E-state index in [0.29, 0.717) is 12.1 Å². The summed E-state index contributed by atoms with van der Waals surface area (Å²) in [4.78, 5) is 16.3. The molecular formula is C23H28N6O. The van der Waals surface area contributed by atoms with Crippen LogP contribution in [0.4, 0.5) is 0 Å². The van der Waals surface area contributed by atoms with Gasteiger partial charge in [-0.25, -0.2) is 9.67 Å². The number of carbonyl (C=O) groups is 1. The molecule has 3 aromatic rings. The number of amides is 1. The number of hydrogen-bond acceptors (Lipinski definition) is 3. The van der Waals surface area contributed by atoms with Crippen molar-refractivity contribution in [1.82, 2.24) is 25.7 Å². The van der Waals surface area contributed by atoms with Crippen LogP contribution in [0.1, 0.15) is 28.4 Å². The zero-order chi connectivity index (χ0) is 21.2. The number of hydrogen-bond donors (Lipinski definition) is 3. The Hall–Kier alpha value is -3.61. The van der Waals surface area contributed by atoms with Crippen LogP contribution in [0.3, 0.4) is 0 Å². The van der Waals surface area contributed by atoms with Gasteiger partial charge in [-0.3, -0.25) is 4.79 Å². The van der Waals surface area contributed by atoms with Crippen molar-refractivity contribution in [3.63, 3.8) is 0 Å². The van der Waals surface area contributed by atoms with E-state index in [1.807, 2.05) is 48.1 Å². The van der Waals surface area contributed by atoms with Crippen LogP contribution in [0.15, 0.2) is 72.0 Å². The highest BCUT2D eigenvalue weighted by Gasteiger charge is 2.03. The van der Waals surface area contributed by atoms with Crippen LogP contribution in [0, 0.1) is 0 Å². The van der Waals surface area contributed by atoms with Gasteiger partial charge in [0.1, 0.15) is 0 Å². The van der Waals surface area contributed by atoms with E-state index in [1.54, 1.807) is 13.2 Å². The summed E-state index contributed by atoms with van der Waals surface area (Å²) in [6.07, 6.45) is 4.60. The SMILES string of the molecule is CCNC(=NCc1ccc(C(=O)NC)cc1)NCCc1ccc(-n2cccn2)cc1. The first-order chi connectivity index (χ1) is 14.7. The third kappa shape index (κ3) is 5.94. The molecule has 30 heavy (non-hydrogen) atoms. The molecule has 0 fully saturated rings. The lowest BCUT2D eigenvalue weighted by Gasteiger charge is -2.12. The largest absolute Gasteiger partial charge is 0.357 e. The number of carbonyl (C=O) groups excluding carboxylic acids is 1. The van der Waals surface area contributed by atoms with Crippen LogP contribution >= 0.6 is 0 Å². The van der Waals surface area contributed by atoms with Crippen LogP contribution in [0.5, 0.6) is 0 Å². The van der Waals surface area contributed by atoms with E-state index >= 15 is 0 Å². The van der Waals surface area contributed by atoms with Gasteiger partial charge in [0, 0.05) is 38.1 Å². The maximum Gasteiger partial charge on any atom is 0.251 e. The third-order valence-electron chi connectivity index (χ3n) is 4.62. The molecule has 156 valence electrons. The van der Waals surface area contributed by atoms with Crippen LogP contribution in [-0.2, 0) is 13.0 Å². The Bertz CT molecular complexity index is 946. The molecule has 0 saturated heterocycles. The van der Waals surface area contributed by atoms with Crippen molar-refractivity contribution in [3.8, 4) is 5.69 Å². The predicted molar refractivity (Wildman–Crippen MR) is 120 cm³/mol. The molecule has 0 radical (unpaired) electrons. The Balaban J connectivity index is 1.51. The smallest absolute Gasteiger partial charge is 0.251 e. The molecule has 0 saturated carbocycles. The summed E-state index contributed by atoms with van der Waals surface area (Å²) in [5.41, 5.74) is 4.00. The second-order valence-electron chi connectivity index (χ2n) is 6.77. The van der Waals surface area contributed by atoms with Crippen LogP contribution < -0.4 is 16.0 Å². The van der Waals surface area contributed by atoms with E-state index in [9.17, 15) is 4.79 Å². The van der Waals surface area contributed by atoms with Gasteiger partial charge in [-0.2, -0.15) is 5.10 Å². The van der Waals surface area contributed by atoms with E-state index in [1.165, 1.54) is 5.56 Å². The summed E-state index contributed by atoms with van der Waals surface area (Å²) in [7, 11) is 1.63. The van der Waals surface area contributed by atoms with Crippen molar-refractivity contribution in [2.45, 2.75) is 19.9 Å². The molecule has 0 atom stereocenters. The minimum atomic E-state index is -0.0855. The second kappa shape index (κ2) is 10.8. The first kappa shape index (κ1) is 21.1. The number of nitrogens with one attached hydrogen (secondary N) is 3. The Morgan fingerprint density at radius 3 is 2.40 bits per heavy atom. The highest BCUT2D eigenvalue weighted by molar-refractivity contribution is 5.93. The van der Waals surface area contributed by atoms with Gasteiger partial charge in [0.15, 0.2) is 5.96 Å². The van der Waals surface area contributed by atoms with Crippen molar-refractivity contribution in [2.24, 2.45) is 4.99 Å². The standard InChI is InChI=1S/C23H28N6O/c1-3-25-23(27-17-19-5-9-20(10-6-19)22(30)24-2)26-15-13-18-7-11-21(12-8-18)29-16-4-14-28-29/h4-12,14,16H,3,13,15,17H2,1-2H3,(H,24,30)(H2,25,26,27). The van der Waals surface area contributed by atoms with E-state index in [2.05, 4.69) is 50.3 Å². The van der Waals surface area contributed by atoms with Gasteiger partial charge in [0.25, 0.3) is 5.91 Å². The van der Waals surface area contributed by atoms with E-state index in [4.69, 9.17) is 0 Å². The lowest BCUT2D eigenvalue weighted by Crippen LogP contribution is -2.38. The molecule has 0 unspecified atom stereocenters. The fraction of sp³-hybridized carbons (Fsp3) is 0.261. The fourth-order valence-corrected chi connectivity index (χ4v) is 2.98. The van der Waals surface area contributed by atoms with E-state index in [0.717, 1.165) is 36.7 Å². The van der Waals surface area contributed by atoms with Crippen molar-refractivity contribution < 1.29 is 4.79 Å². The Morgan fingerprint density at radius 1 is 1.03 bits per heavy atom. The Morgan fingerprint density at radius 2 is 1.77 bits per heavy atom. The van der Waals surface area contributed by atoms with Crippen molar-refractivity contribution in [3.05, 3.63) is 83.7 Å². The number of rotatable bonds is 8. The number of nitrogens with zero attached hydrogens (tertiary/aromatic N) is 3. The quantitative estimate of drug-likeness (QED) is 0.398. The van der Waals surface area contributed by atoms with Crippen molar-refractivity contribution in [1.29, 1.82) is 0 Å². The Kier molecular flexibility index (Phi) is 7.60. The molecule has 1 amide bonds. The van der Waals surface area contributed by atoms with Crippen molar-refractivity contribution in [2.75, 3.05) is 20.1 Å². The predicted octanol–water partition coefficient (Wildman–Crippen LogP) is 2.53. The fourth-order valence-electron chi connectivity index (χ4n) is 2.98. The van der Waals surface area contributed by atoms with Gasteiger partial charge in [0.05, 0.1) is 12.2 Å². The molecule has 1 aromatic heterocycles. The minimum absolute atomic E-state index is 0.0855. The average Bonchev–Trinajstić information content (AvgIpc) is 3.33. The van der Waals surface area contributed by atoms with Gasteiger partial charge >= 0.3 is 0 Å². The molecule has 3 rings (SSSR count). The molecule has 0 aliphatic carbocycles. The summed E-state index contributed by atoms with van der Waals surface area (Å²) in [6, 6.07) is 17.8. The number of aromatic nitrogens is 2. The highest BCUT2D eigenvalue weighted by Crippen LogP contribution is 2.09. The van der Waals surface area contributed by atoms with Gasteiger partial charge < -0.3 is 16.0 Å². The lowest BCUT2D eigenvalue weighted by atomic mass is 10.1. The van der Waals surface area contributed by atoms with Crippen molar-refractivity contribution >= 4 is 11.9 Å². The van der Waals surface area contributed by atoms with Gasteiger partial charge in [0.2, 0.25) is 0 Å². The van der Waals surface area contributed by atoms with Gasteiger partial charge in [-0.05, 0) is 54.8 Å². The maximum atomic E-state index is 11.6. The molecular weight excluding hydrogens is 376 g/mol.